The monoisotopic (exact) mass is 450 g/mol. The largest absolute Gasteiger partial charge is 0.434 e. The molecule has 3 aromatic rings. The van der Waals surface area contributed by atoms with Crippen molar-refractivity contribution >= 4 is 23.2 Å². The molecule has 0 saturated carbocycles. The number of alkyl halides is 3. The molecule has 0 aliphatic rings. The van der Waals surface area contributed by atoms with Gasteiger partial charge in [0.25, 0.3) is 5.91 Å². The second kappa shape index (κ2) is 9.87. The SMILES string of the molecule is CN(CCCCNC(=O)c1cnn(-c2cccc(Cl)c2)c1C(F)(F)F)c1ccccc1. The number of carbonyl (C=O) groups is 1. The smallest absolute Gasteiger partial charge is 0.375 e. The van der Waals surface area contributed by atoms with Crippen molar-refractivity contribution in [3.63, 3.8) is 0 Å². The van der Waals surface area contributed by atoms with Crippen LogP contribution in [-0.4, -0.2) is 35.8 Å². The summed E-state index contributed by atoms with van der Waals surface area (Å²) in [7, 11) is 1.97. The van der Waals surface area contributed by atoms with Crippen LogP contribution in [0.4, 0.5) is 18.9 Å². The van der Waals surface area contributed by atoms with Crippen molar-refractivity contribution in [3.05, 3.63) is 77.1 Å². The lowest BCUT2D eigenvalue weighted by Crippen LogP contribution is -2.28. The third-order valence-electron chi connectivity index (χ3n) is 4.74. The van der Waals surface area contributed by atoms with E-state index < -0.39 is 23.3 Å². The Morgan fingerprint density at radius 3 is 2.55 bits per heavy atom. The van der Waals surface area contributed by atoms with Gasteiger partial charge in [0.1, 0.15) is 0 Å². The first-order valence-corrected chi connectivity index (χ1v) is 10.1. The predicted molar refractivity (Wildman–Crippen MR) is 115 cm³/mol. The first-order chi connectivity index (χ1) is 14.8. The molecule has 1 aromatic heterocycles. The number of hydrogen-bond donors (Lipinski definition) is 1. The molecule has 164 valence electrons. The molecule has 0 atom stereocenters. The van der Waals surface area contributed by atoms with E-state index in [9.17, 15) is 18.0 Å². The van der Waals surface area contributed by atoms with Crippen molar-refractivity contribution in [3.8, 4) is 5.69 Å². The van der Waals surface area contributed by atoms with Crippen LogP contribution in [0.15, 0.2) is 60.8 Å². The van der Waals surface area contributed by atoms with E-state index in [1.807, 2.05) is 37.4 Å². The zero-order valence-corrected chi connectivity index (χ0v) is 17.6. The lowest BCUT2D eigenvalue weighted by atomic mass is 10.2. The van der Waals surface area contributed by atoms with E-state index in [0.29, 0.717) is 11.1 Å². The van der Waals surface area contributed by atoms with Crippen molar-refractivity contribution in [1.82, 2.24) is 15.1 Å². The highest BCUT2D eigenvalue weighted by Gasteiger charge is 2.40. The summed E-state index contributed by atoms with van der Waals surface area (Å²) >= 11 is 5.89. The van der Waals surface area contributed by atoms with Gasteiger partial charge in [-0.3, -0.25) is 4.79 Å². The molecule has 3 rings (SSSR count). The minimum absolute atomic E-state index is 0.128. The molecule has 0 fully saturated rings. The van der Waals surface area contributed by atoms with Gasteiger partial charge in [0.2, 0.25) is 0 Å². The normalized spacial score (nSPS) is 11.4. The van der Waals surface area contributed by atoms with Gasteiger partial charge in [-0.15, -0.1) is 0 Å². The Balaban J connectivity index is 1.61. The summed E-state index contributed by atoms with van der Waals surface area (Å²) in [4.78, 5) is 14.5. The molecule has 0 unspecified atom stereocenters. The summed E-state index contributed by atoms with van der Waals surface area (Å²) in [6.45, 7) is 1.03. The van der Waals surface area contributed by atoms with Gasteiger partial charge in [0.15, 0.2) is 5.69 Å². The number of hydrogen-bond acceptors (Lipinski definition) is 3. The van der Waals surface area contributed by atoms with E-state index in [1.54, 1.807) is 6.07 Å². The number of nitrogens with one attached hydrogen (secondary N) is 1. The minimum Gasteiger partial charge on any atom is -0.375 e. The Labute approximate surface area is 183 Å². The summed E-state index contributed by atoms with van der Waals surface area (Å²) < 4.78 is 41.8. The molecule has 2 aromatic carbocycles. The summed E-state index contributed by atoms with van der Waals surface area (Å²) in [5.41, 5.74) is -0.442. The Bertz CT molecular complexity index is 1020. The molecule has 0 saturated heterocycles. The highest BCUT2D eigenvalue weighted by molar-refractivity contribution is 6.30. The van der Waals surface area contributed by atoms with Gasteiger partial charge >= 0.3 is 6.18 Å². The summed E-state index contributed by atoms with van der Waals surface area (Å²) in [5.74, 6) is -0.808. The molecule has 0 aliphatic heterocycles. The molecule has 0 spiro atoms. The number of para-hydroxylation sites is 1. The van der Waals surface area contributed by atoms with Crippen molar-refractivity contribution in [2.24, 2.45) is 0 Å². The lowest BCUT2D eigenvalue weighted by molar-refractivity contribution is -0.143. The number of rotatable bonds is 8. The van der Waals surface area contributed by atoms with Crippen LogP contribution in [0.3, 0.4) is 0 Å². The molecule has 0 aliphatic carbocycles. The van der Waals surface area contributed by atoms with E-state index in [4.69, 9.17) is 11.6 Å². The number of halogens is 4. The van der Waals surface area contributed by atoms with Gasteiger partial charge in [0.05, 0.1) is 17.4 Å². The van der Waals surface area contributed by atoms with Crippen LogP contribution in [0.1, 0.15) is 28.9 Å². The zero-order chi connectivity index (χ0) is 22.4. The molecule has 0 bridgehead atoms. The fourth-order valence-electron chi connectivity index (χ4n) is 3.17. The molecule has 5 nitrogen and oxygen atoms in total. The average molecular weight is 451 g/mol. The molecule has 9 heteroatoms. The zero-order valence-electron chi connectivity index (χ0n) is 16.9. The molecule has 1 N–H and O–H groups in total. The van der Waals surface area contributed by atoms with Crippen LogP contribution in [0.2, 0.25) is 5.02 Å². The number of aromatic nitrogens is 2. The molecule has 1 heterocycles. The first-order valence-electron chi connectivity index (χ1n) is 9.73. The molecule has 0 radical (unpaired) electrons. The van der Waals surface area contributed by atoms with Crippen LogP contribution in [-0.2, 0) is 6.18 Å². The number of amides is 1. The van der Waals surface area contributed by atoms with Crippen molar-refractivity contribution < 1.29 is 18.0 Å². The van der Waals surface area contributed by atoms with E-state index in [1.165, 1.54) is 18.2 Å². The van der Waals surface area contributed by atoms with Crippen LogP contribution < -0.4 is 10.2 Å². The number of unbranched alkanes of at least 4 members (excludes halogenated alkanes) is 1. The number of anilines is 1. The maximum atomic E-state index is 13.7. The predicted octanol–water partition coefficient (Wildman–Crippen LogP) is 5.19. The second-order valence-corrected chi connectivity index (χ2v) is 7.45. The summed E-state index contributed by atoms with van der Waals surface area (Å²) in [5, 5.41) is 6.62. The van der Waals surface area contributed by atoms with E-state index >= 15 is 0 Å². The van der Waals surface area contributed by atoms with Crippen LogP contribution in [0.25, 0.3) is 5.69 Å². The van der Waals surface area contributed by atoms with Gasteiger partial charge in [-0.1, -0.05) is 35.9 Å². The fraction of sp³-hybridized carbons (Fsp3) is 0.273. The van der Waals surface area contributed by atoms with Crippen molar-refractivity contribution in [1.29, 1.82) is 0 Å². The first kappa shape index (κ1) is 22.7. The third-order valence-corrected chi connectivity index (χ3v) is 4.97. The topological polar surface area (TPSA) is 50.2 Å². The van der Waals surface area contributed by atoms with E-state index in [-0.39, 0.29) is 17.3 Å². The van der Waals surface area contributed by atoms with E-state index in [0.717, 1.165) is 24.8 Å². The molecule has 31 heavy (non-hydrogen) atoms. The lowest BCUT2D eigenvalue weighted by Gasteiger charge is -2.19. The maximum Gasteiger partial charge on any atom is 0.434 e. The van der Waals surface area contributed by atoms with Gasteiger partial charge in [-0.05, 0) is 43.2 Å². The fourth-order valence-corrected chi connectivity index (χ4v) is 3.36. The highest BCUT2D eigenvalue weighted by Crippen LogP contribution is 2.34. The quantitative estimate of drug-likeness (QED) is 0.480. The van der Waals surface area contributed by atoms with E-state index in [2.05, 4.69) is 15.3 Å². The highest BCUT2D eigenvalue weighted by atomic mass is 35.5. The van der Waals surface area contributed by atoms with Gasteiger partial charge in [-0.2, -0.15) is 18.3 Å². The summed E-state index contributed by atoms with van der Waals surface area (Å²) in [6.07, 6.45) is -2.42. The number of nitrogens with zero attached hydrogens (tertiary/aromatic N) is 3. The molecular weight excluding hydrogens is 429 g/mol. The van der Waals surface area contributed by atoms with Crippen LogP contribution in [0.5, 0.6) is 0 Å². The van der Waals surface area contributed by atoms with Gasteiger partial charge in [-0.25, -0.2) is 4.68 Å². The number of carbonyl (C=O) groups excluding carboxylic acids is 1. The maximum absolute atomic E-state index is 13.7. The second-order valence-electron chi connectivity index (χ2n) is 7.02. The van der Waals surface area contributed by atoms with Crippen LogP contribution in [0, 0.1) is 0 Å². The average Bonchev–Trinajstić information content (AvgIpc) is 3.20. The Hall–Kier alpha value is -3.00. The summed E-state index contributed by atoms with van der Waals surface area (Å²) in [6, 6.07) is 15.7. The van der Waals surface area contributed by atoms with Gasteiger partial charge < -0.3 is 10.2 Å². The molecule has 1 amide bonds. The van der Waals surface area contributed by atoms with Crippen molar-refractivity contribution in [2.75, 3.05) is 25.0 Å². The van der Waals surface area contributed by atoms with Crippen molar-refractivity contribution in [2.45, 2.75) is 19.0 Å². The standard InChI is InChI=1S/C22H22ClF3N4O/c1-29(17-9-3-2-4-10-17)13-6-5-12-27-21(31)19-15-28-30(20(19)22(24,25)26)18-11-7-8-16(23)14-18/h2-4,7-11,14-15H,5-6,12-13H2,1H3,(H,27,31). The minimum atomic E-state index is -4.76. The number of benzene rings is 2. The Morgan fingerprint density at radius 2 is 1.87 bits per heavy atom. The van der Waals surface area contributed by atoms with Gasteiger partial charge in [0, 0.05) is 30.8 Å². The Kier molecular flexibility index (Phi) is 7.22. The molecular formula is C22H22ClF3N4O. The third kappa shape index (κ3) is 5.79. The van der Waals surface area contributed by atoms with Crippen LogP contribution >= 0.6 is 11.6 Å². The Morgan fingerprint density at radius 1 is 1.13 bits per heavy atom.